The second-order valence-electron chi connectivity index (χ2n) is 8.68. The molecule has 0 aromatic rings. The third-order valence-corrected chi connectivity index (χ3v) is 7.92. The van der Waals surface area contributed by atoms with Gasteiger partial charge in [0.25, 0.3) is 0 Å². The van der Waals surface area contributed by atoms with Crippen molar-refractivity contribution in [1.29, 1.82) is 0 Å². The highest BCUT2D eigenvalue weighted by Gasteiger charge is 2.60. The fourth-order valence-corrected chi connectivity index (χ4v) is 6.70. The molecule has 3 saturated carbocycles. The van der Waals surface area contributed by atoms with Crippen LogP contribution in [0.25, 0.3) is 0 Å². The van der Waals surface area contributed by atoms with Crippen molar-refractivity contribution in [2.75, 3.05) is 0 Å². The highest BCUT2D eigenvalue weighted by Crippen LogP contribution is 2.63. The van der Waals surface area contributed by atoms with Gasteiger partial charge in [-0.25, -0.2) is 4.79 Å². The second-order valence-corrected chi connectivity index (χ2v) is 8.99. The van der Waals surface area contributed by atoms with Crippen molar-refractivity contribution in [1.82, 2.24) is 5.32 Å². The maximum absolute atomic E-state index is 11.7. The maximum Gasteiger partial charge on any atom is 0.404 e. The van der Waals surface area contributed by atoms with E-state index in [9.17, 15) is 9.59 Å². The molecular formula is C19H26ClNO3. The molecule has 24 heavy (non-hydrogen) atoms. The predicted octanol–water partition coefficient (Wildman–Crippen LogP) is 4.03. The van der Waals surface area contributed by atoms with Crippen LogP contribution in [0.4, 0.5) is 4.79 Å². The molecule has 1 amide bonds. The first kappa shape index (κ1) is 16.4. The number of ether oxygens (including phenoxy) is 1. The van der Waals surface area contributed by atoms with Gasteiger partial charge in [-0.3, -0.25) is 4.79 Å². The fraction of sp³-hybridized carbons (Fsp3) is 0.789. The summed E-state index contributed by atoms with van der Waals surface area (Å²) < 4.78 is 5.46. The lowest BCUT2D eigenvalue weighted by Gasteiger charge is -2.58. The monoisotopic (exact) mass is 351 g/mol. The van der Waals surface area contributed by atoms with Gasteiger partial charge in [-0.15, -0.1) is 0 Å². The van der Waals surface area contributed by atoms with Gasteiger partial charge in [-0.05, 0) is 62.4 Å². The van der Waals surface area contributed by atoms with Gasteiger partial charge in [0.05, 0.1) is 0 Å². The van der Waals surface area contributed by atoms with E-state index in [0.29, 0.717) is 17.8 Å². The lowest BCUT2D eigenvalue weighted by molar-refractivity contribution is -0.123. The molecule has 3 fully saturated rings. The summed E-state index contributed by atoms with van der Waals surface area (Å²) in [7, 11) is 0. The second kappa shape index (κ2) is 5.48. The third-order valence-electron chi connectivity index (χ3n) is 7.83. The minimum Gasteiger partial charge on any atom is -0.450 e. The maximum atomic E-state index is 11.7. The Bertz CT molecular complexity index is 605. The van der Waals surface area contributed by atoms with Crippen LogP contribution in [0, 0.1) is 28.6 Å². The molecule has 132 valence electrons. The standard InChI is InChI=1S/C19H26ClNO3/c1-18-10-8-16(22)21-14(18)5-3-11-12-4-6-15(24-17(20)23)19(12,2)9-7-13(11)18/h8,10-15H,3-7,9H2,1-2H3,(H,21,22)/t11-,12-,13-,14+,15-,18+,19-/m0/s1. The van der Waals surface area contributed by atoms with Crippen LogP contribution in [-0.4, -0.2) is 23.5 Å². The van der Waals surface area contributed by atoms with E-state index in [1.165, 1.54) is 0 Å². The summed E-state index contributed by atoms with van der Waals surface area (Å²) in [5.41, 5.74) is -0.562. The molecule has 1 N–H and O–H groups in total. The van der Waals surface area contributed by atoms with Crippen molar-refractivity contribution in [2.45, 2.75) is 64.5 Å². The van der Waals surface area contributed by atoms with Crippen LogP contribution in [0.5, 0.6) is 0 Å². The molecule has 0 bridgehead atoms. The molecule has 3 aliphatic carbocycles. The Morgan fingerprint density at radius 3 is 2.75 bits per heavy atom. The normalized spacial score (nSPS) is 49.6. The molecule has 1 aliphatic heterocycles. The summed E-state index contributed by atoms with van der Waals surface area (Å²) in [6, 6.07) is 0.262. The molecule has 0 radical (unpaired) electrons. The molecule has 4 nitrogen and oxygen atoms in total. The van der Waals surface area contributed by atoms with Crippen molar-refractivity contribution < 1.29 is 14.3 Å². The molecule has 1 heterocycles. The van der Waals surface area contributed by atoms with Gasteiger partial charge in [-0.2, -0.15) is 0 Å². The number of carbonyl (C=O) groups excluding carboxylic acids is 2. The highest BCUT2D eigenvalue weighted by molar-refractivity contribution is 6.61. The van der Waals surface area contributed by atoms with E-state index < -0.39 is 5.43 Å². The van der Waals surface area contributed by atoms with E-state index in [1.807, 2.05) is 0 Å². The minimum absolute atomic E-state index is 0.0411. The predicted molar refractivity (Wildman–Crippen MR) is 91.6 cm³/mol. The third kappa shape index (κ3) is 2.25. The summed E-state index contributed by atoms with van der Waals surface area (Å²) in [4.78, 5) is 23.0. The average molecular weight is 352 g/mol. The lowest BCUT2D eigenvalue weighted by atomic mass is 9.48. The zero-order valence-corrected chi connectivity index (χ0v) is 15.1. The first-order valence-corrected chi connectivity index (χ1v) is 9.58. The number of halogens is 1. The van der Waals surface area contributed by atoms with Crippen LogP contribution >= 0.6 is 11.6 Å². The molecule has 4 aliphatic rings. The molecule has 0 aromatic carbocycles. The summed E-state index contributed by atoms with van der Waals surface area (Å²) >= 11 is 5.50. The van der Waals surface area contributed by atoms with E-state index in [4.69, 9.17) is 16.3 Å². The van der Waals surface area contributed by atoms with Crippen molar-refractivity contribution in [3.63, 3.8) is 0 Å². The topological polar surface area (TPSA) is 55.4 Å². The van der Waals surface area contributed by atoms with Gasteiger partial charge >= 0.3 is 5.43 Å². The molecule has 5 heteroatoms. The lowest BCUT2D eigenvalue weighted by Crippen LogP contribution is -2.59. The van der Waals surface area contributed by atoms with Gasteiger partial charge in [0.15, 0.2) is 0 Å². The Labute approximate surface area is 148 Å². The quantitative estimate of drug-likeness (QED) is 0.726. The first-order chi connectivity index (χ1) is 11.3. The summed E-state index contributed by atoms with van der Waals surface area (Å²) in [5, 5.41) is 3.18. The van der Waals surface area contributed by atoms with Crippen LogP contribution in [0.1, 0.15) is 52.4 Å². The van der Waals surface area contributed by atoms with Crippen molar-refractivity contribution in [2.24, 2.45) is 28.6 Å². The zero-order valence-electron chi connectivity index (χ0n) is 14.4. The van der Waals surface area contributed by atoms with E-state index in [2.05, 4.69) is 25.2 Å². The fourth-order valence-electron chi connectivity index (χ4n) is 6.59. The van der Waals surface area contributed by atoms with Crippen LogP contribution in [0.15, 0.2) is 12.2 Å². The molecule has 7 atom stereocenters. The SMILES string of the molecule is C[C@]12C=CC(=O)N[C@@H]1CC[C@@H]1[C@@H]2CC[C@]2(C)[C@@H](OC(=O)Cl)CC[C@@H]12. The smallest absolute Gasteiger partial charge is 0.404 e. The minimum atomic E-state index is -0.669. The van der Waals surface area contributed by atoms with Crippen molar-refractivity contribution in [3.05, 3.63) is 12.2 Å². The molecular weight excluding hydrogens is 326 g/mol. The van der Waals surface area contributed by atoms with Gasteiger partial charge in [-0.1, -0.05) is 19.9 Å². The Kier molecular flexibility index (Phi) is 3.76. The van der Waals surface area contributed by atoms with Crippen molar-refractivity contribution in [3.8, 4) is 0 Å². The summed E-state index contributed by atoms with van der Waals surface area (Å²) in [6.45, 7) is 4.61. The van der Waals surface area contributed by atoms with Gasteiger partial charge in [0, 0.05) is 28.5 Å². The number of hydrogen-bond donors (Lipinski definition) is 1. The van der Waals surface area contributed by atoms with Crippen LogP contribution in [-0.2, 0) is 9.53 Å². The molecule has 4 rings (SSSR count). The number of hydrogen-bond acceptors (Lipinski definition) is 3. The molecule has 0 aromatic heterocycles. The number of rotatable bonds is 1. The number of fused-ring (bicyclic) bond motifs is 5. The van der Waals surface area contributed by atoms with E-state index in [0.717, 1.165) is 38.5 Å². The van der Waals surface area contributed by atoms with Gasteiger partial charge < -0.3 is 10.1 Å². The molecule has 0 saturated heterocycles. The largest absolute Gasteiger partial charge is 0.450 e. The average Bonchev–Trinajstić information content (AvgIpc) is 2.84. The van der Waals surface area contributed by atoms with Crippen LogP contribution in [0.3, 0.4) is 0 Å². The molecule has 0 unspecified atom stereocenters. The van der Waals surface area contributed by atoms with E-state index in [1.54, 1.807) is 6.08 Å². The van der Waals surface area contributed by atoms with E-state index in [-0.39, 0.29) is 28.9 Å². The summed E-state index contributed by atoms with van der Waals surface area (Å²) in [6.07, 6.45) is 10.3. The Hall–Kier alpha value is -1.03. The Morgan fingerprint density at radius 2 is 2.00 bits per heavy atom. The summed E-state index contributed by atoms with van der Waals surface area (Å²) in [5.74, 6) is 1.87. The van der Waals surface area contributed by atoms with Gasteiger partial charge in [0.1, 0.15) is 6.10 Å². The first-order valence-electron chi connectivity index (χ1n) is 9.20. The van der Waals surface area contributed by atoms with Gasteiger partial charge in [0.2, 0.25) is 5.91 Å². The van der Waals surface area contributed by atoms with E-state index >= 15 is 0 Å². The Morgan fingerprint density at radius 1 is 1.21 bits per heavy atom. The Balaban J connectivity index is 1.62. The molecule has 0 spiro atoms. The zero-order chi connectivity index (χ0) is 17.1. The van der Waals surface area contributed by atoms with Crippen molar-refractivity contribution >= 4 is 22.9 Å². The highest BCUT2D eigenvalue weighted by atomic mass is 35.5. The number of carbonyl (C=O) groups is 2. The van der Waals surface area contributed by atoms with Crippen LogP contribution in [0.2, 0.25) is 0 Å². The number of nitrogens with one attached hydrogen (secondary N) is 1. The number of amides is 1. The van der Waals surface area contributed by atoms with Crippen LogP contribution < -0.4 is 5.32 Å².